The molecule has 1 atom stereocenters. The minimum absolute atomic E-state index is 0.0450. The summed E-state index contributed by atoms with van der Waals surface area (Å²) in [5.41, 5.74) is 0. The number of hydrogen-bond donors (Lipinski definition) is 1. The third kappa shape index (κ3) is 3.50. The molecule has 1 amide bonds. The fraction of sp³-hybridized carbons (Fsp3) is 0.875. The molecule has 0 aliphatic carbocycles. The molecule has 0 aromatic rings. The van der Waals surface area contributed by atoms with Gasteiger partial charge in [0.25, 0.3) is 0 Å². The van der Waals surface area contributed by atoms with E-state index in [4.69, 9.17) is 21.4 Å². The van der Waals surface area contributed by atoms with Gasteiger partial charge in [0, 0.05) is 19.0 Å². The van der Waals surface area contributed by atoms with E-state index in [0.717, 1.165) is 0 Å². The Bertz CT molecular complexity index is 171. The second-order valence-corrected chi connectivity index (χ2v) is 3.31. The van der Waals surface area contributed by atoms with Crippen LogP contribution in [0.3, 0.4) is 0 Å². The van der Waals surface area contributed by atoms with Crippen LogP contribution in [0.4, 0.5) is 0 Å². The highest BCUT2D eigenvalue weighted by Crippen LogP contribution is 2.03. The van der Waals surface area contributed by atoms with Crippen molar-refractivity contribution in [2.24, 2.45) is 0 Å². The third-order valence-electron chi connectivity index (χ3n) is 1.95. The molecule has 1 aliphatic rings. The first-order valence-electron chi connectivity index (χ1n) is 4.33. The predicted molar refractivity (Wildman–Crippen MR) is 48.7 cm³/mol. The van der Waals surface area contributed by atoms with Crippen molar-refractivity contribution in [2.75, 3.05) is 32.2 Å². The molecular weight excluding hydrogens is 194 g/mol. The number of nitrogens with zero attached hydrogens (tertiary/aromatic N) is 1. The van der Waals surface area contributed by atoms with Crippen LogP contribution in [0.1, 0.15) is 6.42 Å². The lowest BCUT2D eigenvalue weighted by Crippen LogP contribution is -2.42. The number of ether oxygens (including phenoxy) is 1. The van der Waals surface area contributed by atoms with Gasteiger partial charge in [-0.25, -0.2) is 0 Å². The maximum Gasteiger partial charge on any atom is 0.225 e. The Balaban J connectivity index is 2.29. The number of aliphatic hydroxyl groups excluding tert-OH is 1. The summed E-state index contributed by atoms with van der Waals surface area (Å²) in [4.78, 5) is 13.1. The Hall–Kier alpha value is -0.320. The Morgan fingerprint density at radius 3 is 2.69 bits per heavy atom. The summed E-state index contributed by atoms with van der Waals surface area (Å²) in [6, 6.07) is 0. The van der Waals surface area contributed by atoms with E-state index in [-0.39, 0.29) is 18.2 Å². The molecule has 0 aromatic heterocycles. The van der Waals surface area contributed by atoms with Crippen LogP contribution in [-0.2, 0) is 9.53 Å². The lowest BCUT2D eigenvalue weighted by atomic mass is 10.2. The van der Waals surface area contributed by atoms with E-state index in [1.165, 1.54) is 0 Å². The minimum Gasteiger partial charge on any atom is -0.391 e. The summed E-state index contributed by atoms with van der Waals surface area (Å²) in [5.74, 6) is 0.0623. The molecule has 0 saturated carbocycles. The van der Waals surface area contributed by atoms with Crippen molar-refractivity contribution >= 4 is 17.5 Å². The van der Waals surface area contributed by atoms with Gasteiger partial charge in [-0.1, -0.05) is 0 Å². The molecule has 4 nitrogen and oxygen atoms in total. The maximum absolute atomic E-state index is 11.4. The van der Waals surface area contributed by atoms with Crippen molar-refractivity contribution in [2.45, 2.75) is 12.5 Å². The van der Waals surface area contributed by atoms with Gasteiger partial charge in [-0.05, 0) is 0 Å². The van der Waals surface area contributed by atoms with Crippen LogP contribution in [0.5, 0.6) is 0 Å². The number of aliphatic hydroxyl groups is 1. The summed E-state index contributed by atoms with van der Waals surface area (Å²) >= 11 is 5.39. The molecule has 76 valence electrons. The number of hydrogen-bond acceptors (Lipinski definition) is 3. The number of carbonyl (C=O) groups is 1. The van der Waals surface area contributed by atoms with Gasteiger partial charge < -0.3 is 14.7 Å². The SMILES string of the molecule is O=C(CC(O)CCl)N1CCOCC1. The van der Waals surface area contributed by atoms with Crippen molar-refractivity contribution in [3.05, 3.63) is 0 Å². The largest absolute Gasteiger partial charge is 0.391 e. The zero-order valence-electron chi connectivity index (χ0n) is 7.41. The quantitative estimate of drug-likeness (QED) is 0.654. The lowest BCUT2D eigenvalue weighted by Gasteiger charge is -2.27. The van der Waals surface area contributed by atoms with Crippen molar-refractivity contribution in [3.63, 3.8) is 0 Å². The number of alkyl halides is 1. The molecule has 0 aromatic carbocycles. The predicted octanol–water partition coefficient (Wildman–Crippen LogP) is -0.165. The minimum atomic E-state index is -0.725. The topological polar surface area (TPSA) is 49.8 Å². The highest BCUT2D eigenvalue weighted by molar-refractivity contribution is 6.18. The van der Waals surface area contributed by atoms with Crippen LogP contribution in [0.15, 0.2) is 0 Å². The molecule has 1 N–H and O–H groups in total. The molecule has 13 heavy (non-hydrogen) atoms. The number of carbonyl (C=O) groups excluding carboxylic acids is 1. The molecule has 1 aliphatic heterocycles. The smallest absolute Gasteiger partial charge is 0.225 e. The number of halogens is 1. The molecule has 1 fully saturated rings. The molecule has 1 heterocycles. The summed E-state index contributed by atoms with van der Waals surface area (Å²) in [7, 11) is 0. The van der Waals surface area contributed by atoms with Gasteiger partial charge in [0.1, 0.15) is 0 Å². The highest BCUT2D eigenvalue weighted by atomic mass is 35.5. The average molecular weight is 208 g/mol. The normalized spacial score (nSPS) is 20.0. The van der Waals surface area contributed by atoms with Crippen molar-refractivity contribution in [1.29, 1.82) is 0 Å². The van der Waals surface area contributed by atoms with Crippen LogP contribution >= 0.6 is 11.6 Å². The monoisotopic (exact) mass is 207 g/mol. The zero-order valence-corrected chi connectivity index (χ0v) is 8.16. The van der Waals surface area contributed by atoms with E-state index in [2.05, 4.69) is 0 Å². The Morgan fingerprint density at radius 1 is 1.54 bits per heavy atom. The number of morpholine rings is 1. The lowest BCUT2D eigenvalue weighted by molar-refractivity contribution is -0.137. The third-order valence-corrected chi connectivity index (χ3v) is 2.31. The molecule has 1 saturated heterocycles. The molecule has 1 rings (SSSR count). The molecule has 0 bridgehead atoms. The van der Waals surface area contributed by atoms with Crippen molar-refractivity contribution in [1.82, 2.24) is 4.90 Å². The van der Waals surface area contributed by atoms with Crippen LogP contribution < -0.4 is 0 Å². The molecule has 0 radical (unpaired) electrons. The average Bonchev–Trinajstić information content (AvgIpc) is 2.19. The van der Waals surface area contributed by atoms with E-state index in [1.54, 1.807) is 4.90 Å². The Labute approximate surface area is 82.4 Å². The summed E-state index contributed by atoms with van der Waals surface area (Å²) in [6.45, 7) is 2.41. The van der Waals surface area contributed by atoms with E-state index in [9.17, 15) is 4.79 Å². The van der Waals surface area contributed by atoms with Gasteiger partial charge in [-0.2, -0.15) is 0 Å². The first-order chi connectivity index (χ1) is 6.24. The van der Waals surface area contributed by atoms with Crippen molar-refractivity contribution < 1.29 is 14.6 Å². The van der Waals surface area contributed by atoms with Gasteiger partial charge in [-0.15, -0.1) is 11.6 Å². The summed E-state index contributed by atoms with van der Waals surface area (Å²) in [6.07, 6.45) is -0.610. The molecule has 0 spiro atoms. The van der Waals surface area contributed by atoms with Crippen LogP contribution in [-0.4, -0.2) is 54.2 Å². The van der Waals surface area contributed by atoms with Gasteiger partial charge in [0.15, 0.2) is 0 Å². The first kappa shape index (κ1) is 10.8. The number of rotatable bonds is 3. The van der Waals surface area contributed by atoms with Crippen LogP contribution in [0, 0.1) is 0 Å². The van der Waals surface area contributed by atoms with Gasteiger partial charge >= 0.3 is 0 Å². The zero-order chi connectivity index (χ0) is 9.68. The standard InChI is InChI=1S/C8H14ClNO3/c9-6-7(11)5-8(12)10-1-3-13-4-2-10/h7,11H,1-6H2. The second-order valence-electron chi connectivity index (χ2n) is 3.01. The fourth-order valence-electron chi connectivity index (χ4n) is 1.20. The summed E-state index contributed by atoms with van der Waals surface area (Å²) < 4.78 is 5.10. The Kier molecular flexibility index (Phi) is 4.48. The molecule has 1 unspecified atom stereocenters. The van der Waals surface area contributed by atoms with E-state index < -0.39 is 6.10 Å². The number of amides is 1. The van der Waals surface area contributed by atoms with Gasteiger partial charge in [0.2, 0.25) is 5.91 Å². The van der Waals surface area contributed by atoms with Gasteiger partial charge in [-0.3, -0.25) is 4.79 Å². The highest BCUT2D eigenvalue weighted by Gasteiger charge is 2.19. The van der Waals surface area contributed by atoms with Crippen LogP contribution in [0.25, 0.3) is 0 Å². The Morgan fingerprint density at radius 2 is 2.15 bits per heavy atom. The molecule has 5 heteroatoms. The first-order valence-corrected chi connectivity index (χ1v) is 4.87. The van der Waals surface area contributed by atoms with Gasteiger partial charge in [0.05, 0.1) is 25.7 Å². The van der Waals surface area contributed by atoms with Crippen molar-refractivity contribution in [3.8, 4) is 0 Å². The maximum atomic E-state index is 11.4. The molecular formula is C8H14ClNO3. The fourth-order valence-corrected chi connectivity index (χ4v) is 1.31. The van der Waals surface area contributed by atoms with E-state index in [0.29, 0.717) is 26.3 Å². The summed E-state index contributed by atoms with van der Waals surface area (Å²) in [5, 5.41) is 9.15. The van der Waals surface area contributed by atoms with E-state index >= 15 is 0 Å². The van der Waals surface area contributed by atoms with Crippen LogP contribution in [0.2, 0.25) is 0 Å². The second kappa shape index (κ2) is 5.42. The van der Waals surface area contributed by atoms with E-state index in [1.807, 2.05) is 0 Å².